The van der Waals surface area contributed by atoms with Crippen molar-refractivity contribution < 1.29 is 15.4 Å². The highest BCUT2D eigenvalue weighted by molar-refractivity contribution is 9.10. The van der Waals surface area contributed by atoms with Gasteiger partial charge in [-0.2, -0.15) is 10.2 Å². The molecule has 0 saturated heterocycles. The Morgan fingerprint density at radius 1 is 1.33 bits per heavy atom. The van der Waals surface area contributed by atoms with Gasteiger partial charge in [0.05, 0.1) is 17.7 Å². The fourth-order valence-electron chi connectivity index (χ4n) is 4.14. The molecule has 3 heterocycles. The van der Waals surface area contributed by atoms with Gasteiger partial charge in [-0.15, -0.1) is 0 Å². The maximum absolute atomic E-state index is 14.5. The fourth-order valence-corrected chi connectivity index (χ4v) is 4.45. The highest BCUT2D eigenvalue weighted by Gasteiger charge is 2.25. The van der Waals surface area contributed by atoms with Crippen LogP contribution in [0.5, 0.6) is 5.75 Å². The number of hydrogen-bond acceptors (Lipinski definition) is 6. The standard InChI is InChI=1S/C25H24BrFN6O3/c1-15(36-23-8-19(26)11-28-25(23)33(34)35)22-9-20(27)5-6-21(22)24-18(14-31(2)30-24)7-17-10-29-32(13-17)12-16-3-4-16/h5-6,8-11,13-16H,3-4,7,12H2,1-2H3/i15D. The average Bonchev–Trinajstić information content (AvgIpc) is 3.41. The fraction of sp³-hybridized carbons (Fsp3) is 0.320. The largest absolute Gasteiger partial charge is 0.478 e. The van der Waals surface area contributed by atoms with Crippen LogP contribution in [-0.2, 0) is 20.0 Å². The molecule has 0 aliphatic heterocycles. The lowest BCUT2D eigenvalue weighted by Crippen LogP contribution is -2.08. The number of hydrogen-bond donors (Lipinski definition) is 0. The normalized spacial score (nSPS) is 15.4. The van der Waals surface area contributed by atoms with E-state index >= 15 is 0 Å². The molecular formula is C25H24BrFN6O3. The summed E-state index contributed by atoms with van der Waals surface area (Å²) < 4.78 is 33.3. The van der Waals surface area contributed by atoms with Crippen LogP contribution in [0.4, 0.5) is 10.2 Å². The third-order valence-corrected chi connectivity index (χ3v) is 6.41. The summed E-state index contributed by atoms with van der Waals surface area (Å²) in [6.07, 6.45) is 8.12. The molecule has 1 unspecified atom stereocenters. The molecular weight excluding hydrogens is 531 g/mol. The van der Waals surface area contributed by atoms with E-state index in [-0.39, 0.29) is 11.3 Å². The molecule has 36 heavy (non-hydrogen) atoms. The molecule has 5 rings (SSSR count). The van der Waals surface area contributed by atoms with E-state index in [1.54, 1.807) is 17.8 Å². The van der Waals surface area contributed by atoms with Gasteiger partial charge >= 0.3 is 5.82 Å². The minimum absolute atomic E-state index is 0.172. The van der Waals surface area contributed by atoms with Gasteiger partial charge in [0.2, 0.25) is 5.75 Å². The van der Waals surface area contributed by atoms with Crippen LogP contribution in [0.15, 0.2) is 53.5 Å². The van der Waals surface area contributed by atoms with E-state index in [0.717, 1.165) is 17.7 Å². The van der Waals surface area contributed by atoms with Crippen LogP contribution in [0.2, 0.25) is 0 Å². The van der Waals surface area contributed by atoms with E-state index in [0.29, 0.717) is 28.1 Å². The summed E-state index contributed by atoms with van der Waals surface area (Å²) in [5, 5.41) is 20.6. The first-order valence-electron chi connectivity index (χ1n) is 11.9. The van der Waals surface area contributed by atoms with E-state index in [4.69, 9.17) is 6.11 Å². The molecule has 0 amide bonds. The number of nitrogens with zero attached hydrogens (tertiary/aromatic N) is 6. The van der Waals surface area contributed by atoms with Crippen molar-refractivity contribution in [3.63, 3.8) is 0 Å². The second kappa shape index (κ2) is 9.81. The number of aromatic nitrogens is 5. The van der Waals surface area contributed by atoms with Gasteiger partial charge in [0, 0.05) is 55.2 Å². The van der Waals surface area contributed by atoms with Crippen LogP contribution in [0.25, 0.3) is 11.3 Å². The van der Waals surface area contributed by atoms with Crippen molar-refractivity contribution in [1.29, 1.82) is 0 Å². The Bertz CT molecular complexity index is 1480. The highest BCUT2D eigenvalue weighted by atomic mass is 79.9. The summed E-state index contributed by atoms with van der Waals surface area (Å²) in [6.45, 7) is 2.31. The molecule has 1 aliphatic carbocycles. The van der Waals surface area contributed by atoms with Crippen LogP contribution < -0.4 is 4.74 Å². The van der Waals surface area contributed by atoms with Gasteiger partial charge in [0.25, 0.3) is 0 Å². The molecule has 0 spiro atoms. The molecule has 1 atom stereocenters. The summed E-state index contributed by atoms with van der Waals surface area (Å²) in [7, 11) is 1.79. The Hall–Kier alpha value is -3.60. The quantitative estimate of drug-likeness (QED) is 0.196. The second-order valence-electron chi connectivity index (χ2n) is 8.95. The first-order valence-corrected chi connectivity index (χ1v) is 12.2. The third-order valence-electron chi connectivity index (χ3n) is 5.98. The van der Waals surface area contributed by atoms with Gasteiger partial charge in [-0.25, -0.2) is 4.39 Å². The molecule has 0 N–H and O–H groups in total. The van der Waals surface area contributed by atoms with Crippen molar-refractivity contribution in [3.05, 3.63) is 86.1 Å². The number of aryl methyl sites for hydroxylation is 1. The van der Waals surface area contributed by atoms with E-state index in [1.807, 2.05) is 23.3 Å². The summed E-state index contributed by atoms with van der Waals surface area (Å²) in [5.41, 5.74) is 3.11. The molecule has 1 aliphatic rings. The van der Waals surface area contributed by atoms with E-state index in [2.05, 4.69) is 31.1 Å². The number of ether oxygens (including phenoxy) is 1. The molecule has 1 fully saturated rings. The van der Waals surface area contributed by atoms with Gasteiger partial charge in [-0.3, -0.25) is 9.36 Å². The summed E-state index contributed by atoms with van der Waals surface area (Å²) in [6, 6.07) is 5.41. The number of nitro groups is 1. The molecule has 0 bridgehead atoms. The van der Waals surface area contributed by atoms with E-state index in [9.17, 15) is 14.5 Å². The van der Waals surface area contributed by atoms with Crippen molar-refractivity contribution in [3.8, 4) is 17.0 Å². The van der Waals surface area contributed by atoms with Crippen LogP contribution in [0, 0.1) is 21.8 Å². The Kier molecular flexibility index (Phi) is 6.22. The number of pyridine rings is 1. The molecule has 11 heteroatoms. The minimum Gasteiger partial charge on any atom is -0.478 e. The topological polar surface area (TPSA) is 101 Å². The number of benzene rings is 1. The molecule has 0 radical (unpaired) electrons. The molecule has 1 aromatic carbocycles. The number of rotatable bonds is 9. The van der Waals surface area contributed by atoms with Crippen LogP contribution in [0.1, 0.15) is 43.9 Å². The summed E-state index contributed by atoms with van der Waals surface area (Å²) in [5.74, 6) is -0.617. The van der Waals surface area contributed by atoms with Crippen molar-refractivity contribution >= 4 is 21.7 Å². The highest BCUT2D eigenvalue weighted by Crippen LogP contribution is 2.36. The van der Waals surface area contributed by atoms with Gasteiger partial charge in [0.15, 0.2) is 6.20 Å². The maximum atomic E-state index is 14.5. The molecule has 4 aromatic rings. The molecule has 3 aromatic heterocycles. The Labute approximate surface area is 216 Å². The summed E-state index contributed by atoms with van der Waals surface area (Å²) >= 11 is 3.23. The lowest BCUT2D eigenvalue weighted by Gasteiger charge is -2.18. The predicted molar refractivity (Wildman–Crippen MR) is 134 cm³/mol. The zero-order valence-electron chi connectivity index (χ0n) is 20.7. The van der Waals surface area contributed by atoms with Gasteiger partial charge < -0.3 is 14.9 Å². The first kappa shape index (κ1) is 22.8. The monoisotopic (exact) mass is 555 g/mol. The SMILES string of the molecule is [2H]C(C)(Oc1cc(Br)cnc1[N+](=O)[O-])c1cc(F)ccc1-c1nn(C)cc1Cc1cnn(CC2CC2)c1. The smallest absolute Gasteiger partial charge is 0.406 e. The van der Waals surface area contributed by atoms with Gasteiger partial charge in [-0.05, 0) is 75.3 Å². The third kappa shape index (κ3) is 5.30. The predicted octanol–water partition coefficient (Wildman–Crippen LogP) is 5.63. The Morgan fingerprint density at radius 3 is 2.89 bits per heavy atom. The number of halogens is 2. The van der Waals surface area contributed by atoms with Crippen LogP contribution >= 0.6 is 15.9 Å². The Morgan fingerprint density at radius 2 is 2.14 bits per heavy atom. The van der Waals surface area contributed by atoms with Gasteiger partial charge in [-0.1, -0.05) is 0 Å². The van der Waals surface area contributed by atoms with Crippen molar-refractivity contribution in [2.75, 3.05) is 0 Å². The Balaban J connectivity index is 1.51. The van der Waals surface area contributed by atoms with Crippen LogP contribution in [0.3, 0.4) is 0 Å². The summed E-state index contributed by atoms with van der Waals surface area (Å²) in [4.78, 5) is 14.6. The van der Waals surface area contributed by atoms with Crippen molar-refractivity contribution in [2.45, 2.75) is 38.8 Å². The van der Waals surface area contributed by atoms with E-state index in [1.165, 1.54) is 44.2 Å². The zero-order chi connectivity index (χ0) is 26.3. The van der Waals surface area contributed by atoms with Gasteiger partial charge in [0.1, 0.15) is 11.9 Å². The minimum atomic E-state index is -1.91. The molecule has 9 nitrogen and oxygen atoms in total. The maximum Gasteiger partial charge on any atom is 0.406 e. The van der Waals surface area contributed by atoms with Crippen LogP contribution in [-0.4, -0.2) is 29.5 Å². The zero-order valence-corrected chi connectivity index (χ0v) is 21.3. The lowest BCUT2D eigenvalue weighted by atomic mass is 9.96. The van der Waals surface area contributed by atoms with E-state index < -0.39 is 22.6 Å². The first-order chi connectivity index (χ1) is 17.6. The van der Waals surface area contributed by atoms with Crippen molar-refractivity contribution in [2.24, 2.45) is 13.0 Å². The lowest BCUT2D eigenvalue weighted by molar-refractivity contribution is -0.390. The van der Waals surface area contributed by atoms with Crippen molar-refractivity contribution in [1.82, 2.24) is 24.5 Å². The second-order valence-corrected chi connectivity index (χ2v) is 9.86. The molecule has 1 saturated carbocycles. The molecule has 186 valence electrons. The average molecular weight is 556 g/mol.